The lowest BCUT2D eigenvalue weighted by molar-refractivity contribution is -0.108. The summed E-state index contributed by atoms with van der Waals surface area (Å²) in [5.74, 6) is 0. The summed E-state index contributed by atoms with van der Waals surface area (Å²) >= 11 is 0. The molecule has 0 amide bonds. The van der Waals surface area contributed by atoms with Crippen LogP contribution >= 0.6 is 0 Å². The van der Waals surface area contributed by atoms with Crippen molar-refractivity contribution in [2.45, 2.75) is 19.4 Å². The number of hydrogen-bond acceptors (Lipinski definition) is 3. The highest BCUT2D eigenvalue weighted by atomic mass is 16.1. The molecule has 0 saturated carbocycles. The van der Waals surface area contributed by atoms with Gasteiger partial charge in [0.05, 0.1) is 0 Å². The minimum Gasteiger partial charge on any atom is -0.303 e. The van der Waals surface area contributed by atoms with E-state index in [9.17, 15) is 4.79 Å². The standard InChI is InChI=1S/C6H14N2O/c1-6(4-5-9)7-8(2)3/h5-7H,4H2,1-3H3. The van der Waals surface area contributed by atoms with Crippen molar-refractivity contribution in [3.8, 4) is 0 Å². The molecule has 0 heterocycles. The Kier molecular flexibility index (Phi) is 4.26. The number of carbonyl (C=O) groups excluding carboxylic acids is 1. The maximum absolute atomic E-state index is 9.94. The van der Waals surface area contributed by atoms with E-state index in [0.29, 0.717) is 6.42 Å². The zero-order valence-corrected chi connectivity index (χ0v) is 6.22. The predicted molar refractivity (Wildman–Crippen MR) is 37.0 cm³/mol. The van der Waals surface area contributed by atoms with Crippen molar-refractivity contribution >= 4 is 6.29 Å². The fraction of sp³-hybridized carbons (Fsp3) is 0.833. The zero-order chi connectivity index (χ0) is 7.28. The molecule has 0 aromatic heterocycles. The second-order valence-corrected chi connectivity index (χ2v) is 2.33. The molecular weight excluding hydrogens is 116 g/mol. The number of nitrogens with one attached hydrogen (secondary N) is 1. The van der Waals surface area contributed by atoms with Crippen LogP contribution in [0.5, 0.6) is 0 Å². The van der Waals surface area contributed by atoms with Gasteiger partial charge in [0, 0.05) is 26.6 Å². The molecule has 1 unspecified atom stereocenters. The third kappa shape index (κ3) is 5.46. The highest BCUT2D eigenvalue weighted by Gasteiger charge is 1.98. The van der Waals surface area contributed by atoms with Crippen LogP contribution in [0.25, 0.3) is 0 Å². The highest BCUT2D eigenvalue weighted by Crippen LogP contribution is 1.84. The summed E-state index contributed by atoms with van der Waals surface area (Å²) < 4.78 is 0. The topological polar surface area (TPSA) is 32.3 Å². The first-order valence-electron chi connectivity index (χ1n) is 3.04. The van der Waals surface area contributed by atoms with Gasteiger partial charge in [0.2, 0.25) is 0 Å². The average Bonchev–Trinajstić information content (AvgIpc) is 1.63. The summed E-state index contributed by atoms with van der Waals surface area (Å²) in [5, 5.41) is 1.84. The van der Waals surface area contributed by atoms with Gasteiger partial charge in [-0.1, -0.05) is 0 Å². The molecule has 0 saturated heterocycles. The third-order valence-electron chi connectivity index (χ3n) is 0.928. The number of nitrogens with zero attached hydrogens (tertiary/aromatic N) is 1. The minimum absolute atomic E-state index is 0.248. The molecular formula is C6H14N2O. The summed E-state index contributed by atoms with van der Waals surface area (Å²) in [4.78, 5) is 9.94. The molecule has 1 atom stereocenters. The van der Waals surface area contributed by atoms with Gasteiger partial charge in [-0.2, -0.15) is 0 Å². The fourth-order valence-electron chi connectivity index (χ4n) is 0.638. The Hall–Kier alpha value is -0.410. The minimum atomic E-state index is 0.248. The van der Waals surface area contributed by atoms with E-state index in [0.717, 1.165) is 6.29 Å². The van der Waals surface area contributed by atoms with Crippen molar-refractivity contribution in [2.24, 2.45) is 0 Å². The van der Waals surface area contributed by atoms with Crippen LogP contribution in [0.15, 0.2) is 0 Å². The molecule has 9 heavy (non-hydrogen) atoms. The molecule has 0 radical (unpaired) electrons. The van der Waals surface area contributed by atoms with Gasteiger partial charge in [0.15, 0.2) is 0 Å². The van der Waals surface area contributed by atoms with Crippen LogP contribution in [0.3, 0.4) is 0 Å². The second kappa shape index (κ2) is 4.47. The van der Waals surface area contributed by atoms with Gasteiger partial charge < -0.3 is 4.79 Å². The van der Waals surface area contributed by atoms with Gasteiger partial charge >= 0.3 is 0 Å². The monoisotopic (exact) mass is 130 g/mol. The second-order valence-electron chi connectivity index (χ2n) is 2.33. The van der Waals surface area contributed by atoms with Crippen LogP contribution in [-0.2, 0) is 4.79 Å². The van der Waals surface area contributed by atoms with Crippen LogP contribution < -0.4 is 5.43 Å². The van der Waals surface area contributed by atoms with E-state index in [-0.39, 0.29) is 6.04 Å². The van der Waals surface area contributed by atoms with Gasteiger partial charge in [-0.25, -0.2) is 0 Å². The lowest BCUT2D eigenvalue weighted by Crippen LogP contribution is -2.37. The van der Waals surface area contributed by atoms with Crippen LogP contribution in [0, 0.1) is 0 Å². The molecule has 3 nitrogen and oxygen atoms in total. The Labute approximate surface area is 56.0 Å². The lowest BCUT2D eigenvalue weighted by Gasteiger charge is -2.16. The SMILES string of the molecule is CC(CC=O)NN(C)C. The molecule has 0 fully saturated rings. The average molecular weight is 130 g/mol. The quantitative estimate of drug-likeness (QED) is 0.430. The molecule has 0 aliphatic heterocycles. The lowest BCUT2D eigenvalue weighted by atomic mass is 10.3. The van der Waals surface area contributed by atoms with Crippen LogP contribution in [0.4, 0.5) is 0 Å². The Bertz CT molecular complexity index is 83.1. The van der Waals surface area contributed by atoms with Crippen molar-refractivity contribution in [1.29, 1.82) is 0 Å². The molecule has 0 bridgehead atoms. The molecule has 54 valence electrons. The fourth-order valence-corrected chi connectivity index (χ4v) is 0.638. The van der Waals surface area contributed by atoms with Crippen molar-refractivity contribution in [3.63, 3.8) is 0 Å². The molecule has 0 aromatic carbocycles. The van der Waals surface area contributed by atoms with Crippen molar-refractivity contribution in [3.05, 3.63) is 0 Å². The molecule has 0 aromatic rings. The van der Waals surface area contributed by atoms with Gasteiger partial charge in [0.1, 0.15) is 6.29 Å². The largest absolute Gasteiger partial charge is 0.303 e. The van der Waals surface area contributed by atoms with E-state index in [1.165, 1.54) is 0 Å². The van der Waals surface area contributed by atoms with E-state index < -0.39 is 0 Å². The summed E-state index contributed by atoms with van der Waals surface area (Å²) in [7, 11) is 3.81. The maximum atomic E-state index is 9.94. The van der Waals surface area contributed by atoms with Crippen molar-refractivity contribution < 1.29 is 4.79 Å². The maximum Gasteiger partial charge on any atom is 0.121 e. The van der Waals surface area contributed by atoms with Gasteiger partial charge in [-0.15, -0.1) is 0 Å². The van der Waals surface area contributed by atoms with Crippen molar-refractivity contribution in [1.82, 2.24) is 10.4 Å². The number of hydrogen-bond donors (Lipinski definition) is 1. The number of aldehydes is 1. The number of rotatable bonds is 4. The van der Waals surface area contributed by atoms with Gasteiger partial charge in [0.25, 0.3) is 0 Å². The molecule has 0 rings (SSSR count). The number of carbonyl (C=O) groups is 1. The summed E-state index contributed by atoms with van der Waals surface area (Å²) in [5.41, 5.74) is 3.05. The molecule has 0 aliphatic rings. The van der Waals surface area contributed by atoms with Crippen LogP contribution in [0.2, 0.25) is 0 Å². The first-order chi connectivity index (χ1) is 4.16. The predicted octanol–water partition coefficient (Wildman–Crippen LogP) is 0.0301. The van der Waals surface area contributed by atoms with Gasteiger partial charge in [-0.3, -0.25) is 10.4 Å². The normalized spacial score (nSPS) is 13.8. The van der Waals surface area contributed by atoms with E-state index in [1.807, 2.05) is 26.0 Å². The van der Waals surface area contributed by atoms with E-state index in [4.69, 9.17) is 0 Å². The molecule has 1 N–H and O–H groups in total. The molecule has 0 aliphatic carbocycles. The Morgan fingerprint density at radius 1 is 1.67 bits per heavy atom. The highest BCUT2D eigenvalue weighted by molar-refractivity contribution is 5.50. The molecule has 3 heteroatoms. The van der Waals surface area contributed by atoms with E-state index >= 15 is 0 Å². The van der Waals surface area contributed by atoms with Crippen molar-refractivity contribution in [2.75, 3.05) is 14.1 Å². The Morgan fingerprint density at radius 2 is 2.22 bits per heavy atom. The smallest absolute Gasteiger partial charge is 0.121 e. The first-order valence-corrected chi connectivity index (χ1v) is 3.04. The third-order valence-corrected chi connectivity index (χ3v) is 0.928. The summed E-state index contributed by atoms with van der Waals surface area (Å²) in [6, 6.07) is 0.248. The number of hydrazine groups is 1. The summed E-state index contributed by atoms with van der Waals surface area (Å²) in [6.07, 6.45) is 1.49. The van der Waals surface area contributed by atoms with Gasteiger partial charge in [-0.05, 0) is 6.92 Å². The zero-order valence-electron chi connectivity index (χ0n) is 6.22. The van der Waals surface area contributed by atoms with E-state index in [1.54, 1.807) is 0 Å². The first kappa shape index (κ1) is 8.59. The van der Waals surface area contributed by atoms with Crippen LogP contribution in [0.1, 0.15) is 13.3 Å². The van der Waals surface area contributed by atoms with Crippen LogP contribution in [-0.4, -0.2) is 31.4 Å². The molecule has 0 spiro atoms. The van der Waals surface area contributed by atoms with E-state index in [2.05, 4.69) is 5.43 Å². The Balaban J connectivity index is 3.25. The summed E-state index contributed by atoms with van der Waals surface area (Å²) in [6.45, 7) is 1.97. The Morgan fingerprint density at radius 3 is 2.56 bits per heavy atom.